The maximum absolute atomic E-state index is 13.2. The number of carbonyl (C=O) groups is 1. The number of carbonyl (C=O) groups excluding carboxylic acids is 1. The van der Waals surface area contributed by atoms with E-state index < -0.39 is 6.10 Å². The van der Waals surface area contributed by atoms with Crippen molar-refractivity contribution in [3.63, 3.8) is 0 Å². The summed E-state index contributed by atoms with van der Waals surface area (Å²) in [5, 5.41) is 4.08. The van der Waals surface area contributed by atoms with Crippen molar-refractivity contribution in [2.45, 2.75) is 72.6 Å². The van der Waals surface area contributed by atoms with E-state index in [1.54, 1.807) is 11.8 Å². The first-order valence-electron chi connectivity index (χ1n) is 11.0. The van der Waals surface area contributed by atoms with E-state index in [0.717, 1.165) is 11.1 Å². The molecule has 3 rings (SSSR count). The zero-order valence-electron chi connectivity index (χ0n) is 20.0. The SMILES string of the molecule is Cc1cccc(-c2noc(CN(C(=O)[C@H](C)Oc3ccc(C(C)(C)C)cc3)C(C)C)n2)c1. The molecule has 3 aromatic rings. The summed E-state index contributed by atoms with van der Waals surface area (Å²) in [5.74, 6) is 1.45. The lowest BCUT2D eigenvalue weighted by molar-refractivity contribution is -0.140. The first kappa shape index (κ1) is 23.5. The Morgan fingerprint density at radius 2 is 1.78 bits per heavy atom. The molecule has 1 heterocycles. The number of benzene rings is 2. The summed E-state index contributed by atoms with van der Waals surface area (Å²) >= 11 is 0. The van der Waals surface area contributed by atoms with Crippen LogP contribution >= 0.6 is 0 Å². The van der Waals surface area contributed by atoms with Crippen LogP contribution in [0.1, 0.15) is 58.6 Å². The van der Waals surface area contributed by atoms with Crippen LogP contribution in [0.2, 0.25) is 0 Å². The molecule has 0 saturated carbocycles. The van der Waals surface area contributed by atoms with Crippen molar-refractivity contribution >= 4 is 5.91 Å². The molecule has 0 radical (unpaired) electrons. The molecule has 0 aliphatic rings. The van der Waals surface area contributed by atoms with Crippen LogP contribution in [0.4, 0.5) is 0 Å². The summed E-state index contributed by atoms with van der Waals surface area (Å²) in [6.45, 7) is 14.4. The van der Waals surface area contributed by atoms with Gasteiger partial charge in [0.05, 0.1) is 0 Å². The lowest BCUT2D eigenvalue weighted by atomic mass is 9.87. The van der Waals surface area contributed by atoms with Crippen LogP contribution in [0.25, 0.3) is 11.4 Å². The Balaban J connectivity index is 1.69. The molecule has 0 saturated heterocycles. The van der Waals surface area contributed by atoms with Crippen LogP contribution in [-0.2, 0) is 16.8 Å². The Labute approximate surface area is 190 Å². The topological polar surface area (TPSA) is 68.5 Å². The molecule has 32 heavy (non-hydrogen) atoms. The first-order chi connectivity index (χ1) is 15.0. The van der Waals surface area contributed by atoms with Crippen molar-refractivity contribution in [2.24, 2.45) is 0 Å². The Morgan fingerprint density at radius 3 is 2.38 bits per heavy atom. The van der Waals surface area contributed by atoms with Gasteiger partial charge in [-0.15, -0.1) is 0 Å². The van der Waals surface area contributed by atoms with Crippen LogP contribution in [0.3, 0.4) is 0 Å². The monoisotopic (exact) mass is 435 g/mol. The average molecular weight is 436 g/mol. The zero-order chi connectivity index (χ0) is 23.5. The molecule has 1 aromatic heterocycles. The number of hydrogen-bond acceptors (Lipinski definition) is 5. The van der Waals surface area contributed by atoms with Crippen LogP contribution < -0.4 is 4.74 Å². The van der Waals surface area contributed by atoms with Gasteiger partial charge in [-0.2, -0.15) is 4.98 Å². The average Bonchev–Trinajstić information content (AvgIpc) is 3.20. The van der Waals surface area contributed by atoms with E-state index in [4.69, 9.17) is 9.26 Å². The van der Waals surface area contributed by atoms with E-state index in [1.165, 1.54) is 5.56 Å². The van der Waals surface area contributed by atoms with Crippen molar-refractivity contribution in [3.05, 3.63) is 65.5 Å². The second-order valence-corrected chi connectivity index (χ2v) is 9.48. The van der Waals surface area contributed by atoms with Crippen molar-refractivity contribution in [2.75, 3.05) is 0 Å². The van der Waals surface area contributed by atoms with Gasteiger partial charge in [0, 0.05) is 11.6 Å². The smallest absolute Gasteiger partial charge is 0.264 e. The predicted molar refractivity (Wildman–Crippen MR) is 125 cm³/mol. The summed E-state index contributed by atoms with van der Waals surface area (Å²) in [6.07, 6.45) is -0.642. The second-order valence-electron chi connectivity index (χ2n) is 9.48. The molecule has 2 aromatic carbocycles. The Kier molecular flexibility index (Phi) is 7.02. The Hall–Kier alpha value is -3.15. The van der Waals surface area contributed by atoms with Crippen molar-refractivity contribution in [1.82, 2.24) is 15.0 Å². The molecule has 0 N–H and O–H groups in total. The Bertz CT molecular complexity index is 1050. The van der Waals surface area contributed by atoms with Crippen molar-refractivity contribution in [3.8, 4) is 17.1 Å². The molecule has 0 spiro atoms. The largest absolute Gasteiger partial charge is 0.481 e. The van der Waals surface area contributed by atoms with Crippen molar-refractivity contribution in [1.29, 1.82) is 0 Å². The number of nitrogens with zero attached hydrogens (tertiary/aromatic N) is 3. The van der Waals surface area contributed by atoms with Gasteiger partial charge >= 0.3 is 0 Å². The highest BCUT2D eigenvalue weighted by Gasteiger charge is 2.26. The molecule has 6 nitrogen and oxygen atoms in total. The third-order valence-corrected chi connectivity index (χ3v) is 5.34. The molecule has 6 heteroatoms. The third-order valence-electron chi connectivity index (χ3n) is 5.34. The molecular formula is C26H33N3O3. The molecule has 170 valence electrons. The number of aromatic nitrogens is 2. The fourth-order valence-electron chi connectivity index (χ4n) is 3.40. The predicted octanol–water partition coefficient (Wildman–Crippen LogP) is 5.55. The standard InChI is InChI=1S/C26H33N3O3/c1-17(2)29(16-23-27-24(28-32-23)20-10-8-9-18(3)15-20)25(30)19(4)31-22-13-11-21(12-14-22)26(5,6)7/h8-15,17,19H,16H2,1-7H3/t19-/m0/s1. The molecule has 1 atom stereocenters. The van der Waals surface area contributed by atoms with Gasteiger partial charge < -0.3 is 14.2 Å². The summed E-state index contributed by atoms with van der Waals surface area (Å²) in [5.41, 5.74) is 3.29. The van der Waals surface area contributed by atoms with Crippen LogP contribution in [-0.4, -0.2) is 33.1 Å². The maximum Gasteiger partial charge on any atom is 0.264 e. The van der Waals surface area contributed by atoms with Gasteiger partial charge in [0.15, 0.2) is 6.10 Å². The summed E-state index contributed by atoms with van der Waals surface area (Å²) in [6, 6.07) is 15.8. The van der Waals surface area contributed by atoms with Gasteiger partial charge in [-0.1, -0.05) is 61.8 Å². The molecule has 0 aliphatic heterocycles. The highest BCUT2D eigenvalue weighted by molar-refractivity contribution is 5.81. The maximum atomic E-state index is 13.2. The number of rotatable bonds is 7. The molecule has 0 aliphatic carbocycles. The normalized spacial score (nSPS) is 12.6. The first-order valence-corrected chi connectivity index (χ1v) is 11.0. The van der Waals surface area contributed by atoms with E-state index in [0.29, 0.717) is 17.5 Å². The van der Waals surface area contributed by atoms with Crippen LogP contribution in [0.15, 0.2) is 53.1 Å². The van der Waals surface area contributed by atoms with E-state index in [1.807, 2.05) is 69.3 Å². The minimum absolute atomic E-state index is 0.0499. The van der Waals surface area contributed by atoms with Crippen LogP contribution in [0, 0.1) is 6.92 Å². The van der Waals surface area contributed by atoms with Gasteiger partial charge in [-0.05, 0) is 56.9 Å². The quantitative estimate of drug-likeness (QED) is 0.487. The van der Waals surface area contributed by atoms with Crippen LogP contribution in [0.5, 0.6) is 5.75 Å². The number of amides is 1. The fraction of sp³-hybridized carbons (Fsp3) is 0.423. The second kappa shape index (κ2) is 9.55. The lowest BCUT2D eigenvalue weighted by Crippen LogP contribution is -2.43. The third kappa shape index (κ3) is 5.75. The van der Waals surface area contributed by atoms with E-state index in [2.05, 4.69) is 30.9 Å². The van der Waals surface area contributed by atoms with Gasteiger partial charge in [-0.25, -0.2) is 0 Å². The number of aryl methyl sites for hydroxylation is 1. The number of ether oxygens (including phenoxy) is 1. The molecule has 0 fully saturated rings. The highest BCUT2D eigenvalue weighted by Crippen LogP contribution is 2.25. The fourth-order valence-corrected chi connectivity index (χ4v) is 3.40. The summed E-state index contributed by atoms with van der Waals surface area (Å²) in [7, 11) is 0. The molecule has 0 unspecified atom stereocenters. The van der Waals surface area contributed by atoms with Gasteiger partial charge in [0.25, 0.3) is 5.91 Å². The number of hydrogen-bond donors (Lipinski definition) is 0. The van der Waals surface area contributed by atoms with Gasteiger partial charge in [-0.3, -0.25) is 4.79 Å². The zero-order valence-corrected chi connectivity index (χ0v) is 20.0. The minimum Gasteiger partial charge on any atom is -0.481 e. The van der Waals surface area contributed by atoms with Gasteiger partial charge in [0.2, 0.25) is 11.7 Å². The summed E-state index contributed by atoms with van der Waals surface area (Å²) < 4.78 is 11.4. The minimum atomic E-state index is -0.642. The lowest BCUT2D eigenvalue weighted by Gasteiger charge is -2.28. The molecular weight excluding hydrogens is 402 g/mol. The van der Waals surface area contributed by atoms with E-state index in [9.17, 15) is 4.79 Å². The molecule has 1 amide bonds. The highest BCUT2D eigenvalue weighted by atomic mass is 16.5. The van der Waals surface area contributed by atoms with E-state index in [-0.39, 0.29) is 23.9 Å². The Morgan fingerprint density at radius 1 is 1.09 bits per heavy atom. The molecule has 0 bridgehead atoms. The van der Waals surface area contributed by atoms with E-state index >= 15 is 0 Å². The summed E-state index contributed by atoms with van der Waals surface area (Å²) in [4.78, 5) is 19.3. The van der Waals surface area contributed by atoms with Gasteiger partial charge in [0.1, 0.15) is 12.3 Å². The van der Waals surface area contributed by atoms with Crippen molar-refractivity contribution < 1.29 is 14.1 Å².